The molecule has 7 heteroatoms. The molecule has 1 aliphatic heterocycles. The van der Waals surface area contributed by atoms with Crippen LogP contribution in [0.3, 0.4) is 0 Å². The van der Waals surface area contributed by atoms with Crippen molar-refractivity contribution in [3.63, 3.8) is 0 Å². The quantitative estimate of drug-likeness (QED) is 0.860. The van der Waals surface area contributed by atoms with E-state index in [1.807, 2.05) is 36.1 Å². The van der Waals surface area contributed by atoms with E-state index in [0.717, 1.165) is 30.8 Å². The maximum atomic E-state index is 12.7. The predicted molar refractivity (Wildman–Crippen MR) is 92.3 cm³/mol. The Morgan fingerprint density at radius 2 is 2.20 bits per heavy atom. The molecule has 1 atom stereocenters. The summed E-state index contributed by atoms with van der Waals surface area (Å²) in [4.78, 5) is 18.9. The van der Waals surface area contributed by atoms with Crippen molar-refractivity contribution in [2.75, 3.05) is 26.7 Å². The smallest absolute Gasteiger partial charge is 0.227 e. The van der Waals surface area contributed by atoms with Crippen LogP contribution in [-0.4, -0.2) is 47.7 Å². The Hall–Kier alpha value is -2.41. The van der Waals surface area contributed by atoms with Crippen LogP contribution in [0.25, 0.3) is 0 Å². The highest BCUT2D eigenvalue weighted by molar-refractivity contribution is 5.77. The minimum atomic E-state index is 0.0287. The highest BCUT2D eigenvalue weighted by Crippen LogP contribution is 2.25. The number of benzene rings is 1. The molecule has 134 valence electrons. The van der Waals surface area contributed by atoms with Crippen molar-refractivity contribution < 1.29 is 14.1 Å². The number of carbonyl (C=O) groups excluding carboxylic acids is 1. The summed E-state index contributed by atoms with van der Waals surface area (Å²) < 4.78 is 10.4. The average molecular weight is 344 g/mol. The van der Waals surface area contributed by atoms with Crippen LogP contribution < -0.4 is 10.1 Å². The summed E-state index contributed by atoms with van der Waals surface area (Å²) >= 11 is 0. The van der Waals surface area contributed by atoms with Crippen LogP contribution in [-0.2, 0) is 17.6 Å². The molecule has 0 spiro atoms. The minimum absolute atomic E-state index is 0.0287. The molecule has 1 N–H and O–H groups in total. The second-order valence-corrected chi connectivity index (χ2v) is 6.04. The van der Waals surface area contributed by atoms with E-state index >= 15 is 0 Å². The third kappa shape index (κ3) is 4.17. The zero-order chi connectivity index (χ0) is 17.6. The normalized spacial score (nSPS) is 17.5. The third-order valence-electron chi connectivity index (χ3n) is 4.44. The fourth-order valence-corrected chi connectivity index (χ4v) is 3.02. The summed E-state index contributed by atoms with van der Waals surface area (Å²) in [5, 5.41) is 7.24. The predicted octanol–water partition coefficient (Wildman–Crippen LogP) is 1.75. The number of aryl methyl sites for hydroxylation is 2. The number of amides is 1. The van der Waals surface area contributed by atoms with E-state index in [1.54, 1.807) is 7.11 Å². The Morgan fingerprint density at radius 1 is 1.40 bits per heavy atom. The number of ether oxygens (including phenoxy) is 1. The molecule has 1 saturated heterocycles. The van der Waals surface area contributed by atoms with Gasteiger partial charge in [-0.05, 0) is 17.7 Å². The zero-order valence-electron chi connectivity index (χ0n) is 14.7. The van der Waals surface area contributed by atoms with Crippen LogP contribution in [0.15, 0.2) is 28.8 Å². The van der Waals surface area contributed by atoms with Crippen LogP contribution >= 0.6 is 0 Å². The summed E-state index contributed by atoms with van der Waals surface area (Å²) in [6.07, 6.45) is 1.58. The van der Waals surface area contributed by atoms with Gasteiger partial charge in [-0.3, -0.25) is 4.79 Å². The van der Waals surface area contributed by atoms with E-state index in [9.17, 15) is 4.79 Å². The van der Waals surface area contributed by atoms with Crippen molar-refractivity contribution in [1.29, 1.82) is 0 Å². The molecule has 1 aromatic carbocycles. The number of nitrogens with zero attached hydrogens (tertiary/aromatic N) is 3. The molecule has 0 bridgehead atoms. The average Bonchev–Trinajstić information content (AvgIpc) is 3.14. The second kappa shape index (κ2) is 8.11. The first kappa shape index (κ1) is 17.4. The number of carbonyl (C=O) groups is 1. The van der Waals surface area contributed by atoms with Gasteiger partial charge in [0.2, 0.25) is 11.8 Å². The van der Waals surface area contributed by atoms with Gasteiger partial charge in [-0.25, -0.2) is 0 Å². The fourth-order valence-electron chi connectivity index (χ4n) is 3.02. The molecule has 0 radical (unpaired) electrons. The summed E-state index contributed by atoms with van der Waals surface area (Å²) in [6.45, 7) is 4.22. The van der Waals surface area contributed by atoms with Gasteiger partial charge in [0.15, 0.2) is 5.82 Å². The fraction of sp³-hybridized carbons (Fsp3) is 0.500. The molecular formula is C18H24N4O3. The SMILES string of the molecule is CCc1noc(CCC(=O)N2CCNC[C@@H]2c2ccc(OC)cc2)n1. The van der Waals surface area contributed by atoms with Gasteiger partial charge in [0, 0.05) is 38.9 Å². The Morgan fingerprint density at radius 3 is 2.88 bits per heavy atom. The van der Waals surface area contributed by atoms with Gasteiger partial charge in [0.1, 0.15) is 5.75 Å². The lowest BCUT2D eigenvalue weighted by Gasteiger charge is -2.36. The summed E-state index contributed by atoms with van der Waals surface area (Å²) in [6, 6.07) is 7.92. The van der Waals surface area contributed by atoms with E-state index in [0.29, 0.717) is 31.1 Å². The van der Waals surface area contributed by atoms with E-state index in [2.05, 4.69) is 15.5 Å². The van der Waals surface area contributed by atoms with Gasteiger partial charge < -0.3 is 19.5 Å². The lowest BCUT2D eigenvalue weighted by atomic mass is 10.0. The molecule has 2 heterocycles. The maximum absolute atomic E-state index is 12.7. The van der Waals surface area contributed by atoms with Gasteiger partial charge in [0.25, 0.3) is 0 Å². The number of hydrogen-bond acceptors (Lipinski definition) is 6. The summed E-state index contributed by atoms with van der Waals surface area (Å²) in [5.74, 6) is 2.13. The number of rotatable bonds is 6. The Bertz CT molecular complexity index is 699. The Kier molecular flexibility index (Phi) is 5.65. The Labute approximate surface area is 147 Å². The highest BCUT2D eigenvalue weighted by Gasteiger charge is 2.27. The second-order valence-electron chi connectivity index (χ2n) is 6.04. The summed E-state index contributed by atoms with van der Waals surface area (Å²) in [7, 11) is 1.65. The maximum Gasteiger partial charge on any atom is 0.227 e. The van der Waals surface area contributed by atoms with Crippen molar-refractivity contribution >= 4 is 5.91 Å². The molecule has 0 unspecified atom stereocenters. The lowest BCUT2D eigenvalue weighted by molar-refractivity contribution is -0.134. The van der Waals surface area contributed by atoms with Crippen molar-refractivity contribution in [2.45, 2.75) is 32.2 Å². The first-order valence-electron chi connectivity index (χ1n) is 8.67. The van der Waals surface area contributed by atoms with E-state index in [1.165, 1.54) is 0 Å². The molecule has 1 aliphatic rings. The van der Waals surface area contributed by atoms with Crippen LogP contribution in [0.5, 0.6) is 5.75 Å². The van der Waals surface area contributed by atoms with Crippen LogP contribution in [0.2, 0.25) is 0 Å². The summed E-state index contributed by atoms with van der Waals surface area (Å²) in [5.41, 5.74) is 1.10. The largest absolute Gasteiger partial charge is 0.497 e. The minimum Gasteiger partial charge on any atom is -0.497 e. The molecule has 1 aromatic heterocycles. The van der Waals surface area contributed by atoms with Crippen molar-refractivity contribution in [2.24, 2.45) is 0 Å². The van der Waals surface area contributed by atoms with Crippen molar-refractivity contribution in [3.8, 4) is 5.75 Å². The van der Waals surface area contributed by atoms with E-state index < -0.39 is 0 Å². The number of nitrogens with one attached hydrogen (secondary N) is 1. The monoisotopic (exact) mass is 344 g/mol. The van der Waals surface area contributed by atoms with Gasteiger partial charge in [-0.2, -0.15) is 4.98 Å². The zero-order valence-corrected chi connectivity index (χ0v) is 14.7. The van der Waals surface area contributed by atoms with Crippen LogP contribution in [0.4, 0.5) is 0 Å². The molecule has 0 aliphatic carbocycles. The van der Waals surface area contributed by atoms with E-state index in [4.69, 9.17) is 9.26 Å². The topological polar surface area (TPSA) is 80.5 Å². The molecule has 3 rings (SSSR count). The molecular weight excluding hydrogens is 320 g/mol. The van der Waals surface area contributed by atoms with Gasteiger partial charge in [-0.1, -0.05) is 24.2 Å². The highest BCUT2D eigenvalue weighted by atomic mass is 16.5. The number of hydrogen-bond donors (Lipinski definition) is 1. The number of piperazine rings is 1. The van der Waals surface area contributed by atoms with Crippen LogP contribution in [0.1, 0.15) is 36.7 Å². The molecule has 0 saturated carbocycles. The molecule has 7 nitrogen and oxygen atoms in total. The van der Waals surface area contributed by atoms with Crippen molar-refractivity contribution in [1.82, 2.24) is 20.4 Å². The molecule has 1 fully saturated rings. The van der Waals surface area contributed by atoms with Crippen LogP contribution in [0, 0.1) is 0 Å². The van der Waals surface area contributed by atoms with Crippen molar-refractivity contribution in [3.05, 3.63) is 41.5 Å². The molecule has 2 aromatic rings. The first-order valence-corrected chi connectivity index (χ1v) is 8.67. The Balaban J connectivity index is 1.65. The molecule has 25 heavy (non-hydrogen) atoms. The van der Waals surface area contributed by atoms with Gasteiger partial charge >= 0.3 is 0 Å². The van der Waals surface area contributed by atoms with Gasteiger partial charge in [-0.15, -0.1) is 0 Å². The number of methoxy groups -OCH3 is 1. The third-order valence-corrected chi connectivity index (χ3v) is 4.44. The lowest BCUT2D eigenvalue weighted by Crippen LogP contribution is -2.48. The van der Waals surface area contributed by atoms with Gasteiger partial charge in [0.05, 0.1) is 13.2 Å². The standard InChI is InChI=1S/C18H24N4O3/c1-3-16-20-17(25-21-16)8-9-18(23)22-11-10-19-12-15(22)13-4-6-14(24-2)7-5-13/h4-7,15,19H,3,8-12H2,1-2H3/t15-/m1/s1. The first-order chi connectivity index (χ1) is 12.2. The van der Waals surface area contributed by atoms with E-state index in [-0.39, 0.29) is 11.9 Å². The number of aromatic nitrogens is 2. The molecule has 1 amide bonds.